The van der Waals surface area contributed by atoms with Crippen molar-refractivity contribution in [3.05, 3.63) is 0 Å². The van der Waals surface area contributed by atoms with E-state index < -0.39 is 15.9 Å². The molecule has 0 heterocycles. The minimum atomic E-state index is -3.24. The molecule has 0 spiro atoms. The summed E-state index contributed by atoms with van der Waals surface area (Å²) in [5.41, 5.74) is 0. The third kappa shape index (κ3) is 4.00. The van der Waals surface area contributed by atoms with E-state index in [1.807, 2.05) is 4.72 Å². The monoisotopic (exact) mass is 179 g/mol. The molecule has 1 unspecified atom stereocenters. The average Bonchev–Trinajstić information content (AvgIpc) is 1.87. The third-order valence-corrected chi connectivity index (χ3v) is 2.22. The van der Waals surface area contributed by atoms with E-state index in [2.05, 4.69) is 0 Å². The largest absolute Gasteiger partial charge is 0.298 e. The summed E-state index contributed by atoms with van der Waals surface area (Å²) in [6.45, 7) is 4.73. The number of nitrogens with one attached hydrogen (secondary N) is 1. The second-order valence-electron chi connectivity index (χ2n) is 2.43. The van der Waals surface area contributed by atoms with Crippen LogP contribution in [0.3, 0.4) is 0 Å². The van der Waals surface area contributed by atoms with E-state index in [1.54, 1.807) is 13.8 Å². The van der Waals surface area contributed by atoms with Gasteiger partial charge in [0.1, 0.15) is 0 Å². The number of rotatable bonds is 2. The summed E-state index contributed by atoms with van der Waals surface area (Å²) in [4.78, 5) is 10.8. The molecule has 0 saturated heterocycles. The van der Waals surface area contributed by atoms with Crippen molar-refractivity contribution in [1.82, 2.24) is 4.72 Å². The Hall–Kier alpha value is -0.550. The Kier molecular flexibility index (Phi) is 3.54. The van der Waals surface area contributed by atoms with Gasteiger partial charge in [-0.3, -0.25) is 14.1 Å². The van der Waals surface area contributed by atoms with Crippen molar-refractivity contribution in [2.75, 3.05) is 0 Å². The van der Waals surface area contributed by atoms with Gasteiger partial charge < -0.3 is 0 Å². The minimum absolute atomic E-state index is 0.275. The zero-order valence-corrected chi connectivity index (χ0v) is 7.64. The molecule has 11 heavy (non-hydrogen) atoms. The van der Waals surface area contributed by atoms with E-state index in [1.165, 1.54) is 6.92 Å². The molecule has 4 nitrogen and oxygen atoms in total. The highest BCUT2D eigenvalue weighted by Crippen LogP contribution is 1.91. The first kappa shape index (κ1) is 10.4. The topological polar surface area (TPSA) is 66.4 Å². The fraction of sp³-hybridized carbons (Fsp3) is 0.667. The molecule has 0 aliphatic heterocycles. The summed E-state index contributed by atoms with van der Waals surface area (Å²) in [5.74, 6) is -0.696. The lowest BCUT2D eigenvalue weighted by molar-refractivity contribution is -0.122. The smallest absolute Gasteiger partial charge is 0.235 e. The first-order chi connectivity index (χ1) is 4.89. The summed E-state index contributed by atoms with van der Waals surface area (Å²) >= 11 is 0. The SMILES string of the molecule is CC=S(=O)(O)NC(=O)C(C)C. The highest BCUT2D eigenvalue weighted by Gasteiger charge is 2.09. The normalized spacial score (nSPS) is 15.7. The Morgan fingerprint density at radius 2 is 2.09 bits per heavy atom. The van der Waals surface area contributed by atoms with Gasteiger partial charge in [-0.25, -0.2) is 4.21 Å². The van der Waals surface area contributed by atoms with E-state index >= 15 is 0 Å². The van der Waals surface area contributed by atoms with E-state index in [0.717, 1.165) is 5.37 Å². The second kappa shape index (κ2) is 3.73. The van der Waals surface area contributed by atoms with E-state index in [-0.39, 0.29) is 5.92 Å². The predicted octanol–water partition coefficient (Wildman–Crippen LogP) is 0.253. The average molecular weight is 179 g/mol. The number of carbonyl (C=O) groups excluding carboxylic acids is 1. The van der Waals surface area contributed by atoms with Gasteiger partial charge in [-0.15, -0.1) is 0 Å². The van der Waals surface area contributed by atoms with Crippen LogP contribution in [0.5, 0.6) is 0 Å². The van der Waals surface area contributed by atoms with Crippen molar-refractivity contribution < 1.29 is 13.6 Å². The number of amides is 1. The standard InChI is InChI=1S/C6H13NO3S/c1-4-11(9,10)7-6(8)5(2)3/h4-5H,1-3H3,(H2,7,8,9,10). The van der Waals surface area contributed by atoms with Crippen LogP contribution in [-0.4, -0.2) is 20.0 Å². The molecule has 0 aromatic carbocycles. The van der Waals surface area contributed by atoms with Gasteiger partial charge in [0.15, 0.2) is 9.99 Å². The molecule has 0 rings (SSSR count). The highest BCUT2D eigenvalue weighted by molar-refractivity contribution is 7.94. The first-order valence-corrected chi connectivity index (χ1v) is 4.84. The van der Waals surface area contributed by atoms with Crippen molar-refractivity contribution in [1.29, 1.82) is 0 Å². The zero-order chi connectivity index (χ0) is 9.07. The summed E-state index contributed by atoms with van der Waals surface area (Å²) in [6, 6.07) is 0. The molecule has 0 aliphatic carbocycles. The summed E-state index contributed by atoms with van der Waals surface area (Å²) in [7, 11) is -3.24. The van der Waals surface area contributed by atoms with E-state index in [4.69, 9.17) is 4.55 Å². The maximum atomic E-state index is 10.8. The van der Waals surface area contributed by atoms with Gasteiger partial charge in [-0.05, 0) is 6.92 Å². The van der Waals surface area contributed by atoms with Crippen LogP contribution in [0.1, 0.15) is 20.8 Å². The summed E-state index contributed by atoms with van der Waals surface area (Å²) in [6.07, 6.45) is 0. The zero-order valence-electron chi connectivity index (χ0n) is 6.83. The summed E-state index contributed by atoms with van der Waals surface area (Å²) < 4.78 is 21.7. The lowest BCUT2D eigenvalue weighted by Crippen LogP contribution is -2.33. The fourth-order valence-corrected chi connectivity index (χ4v) is 0.963. The molecule has 0 bridgehead atoms. The predicted molar refractivity (Wildman–Crippen MR) is 45.5 cm³/mol. The molecule has 1 amide bonds. The highest BCUT2D eigenvalue weighted by atomic mass is 32.2. The van der Waals surface area contributed by atoms with Crippen molar-refractivity contribution in [2.45, 2.75) is 20.8 Å². The number of hydrogen-bond donors (Lipinski definition) is 2. The van der Waals surface area contributed by atoms with Gasteiger partial charge in [0.2, 0.25) is 5.91 Å². The van der Waals surface area contributed by atoms with Gasteiger partial charge in [0.05, 0.1) is 0 Å². The molecule has 66 valence electrons. The van der Waals surface area contributed by atoms with Crippen molar-refractivity contribution in [2.24, 2.45) is 5.92 Å². The van der Waals surface area contributed by atoms with Crippen molar-refractivity contribution >= 4 is 21.3 Å². The van der Waals surface area contributed by atoms with Gasteiger partial charge in [-0.1, -0.05) is 13.8 Å². The Morgan fingerprint density at radius 3 is 2.36 bits per heavy atom. The lowest BCUT2D eigenvalue weighted by atomic mass is 10.2. The molecule has 0 fully saturated rings. The van der Waals surface area contributed by atoms with E-state index in [0.29, 0.717) is 0 Å². The quantitative estimate of drug-likeness (QED) is 0.597. The van der Waals surface area contributed by atoms with Crippen LogP contribution in [0.4, 0.5) is 0 Å². The van der Waals surface area contributed by atoms with Crippen LogP contribution in [0, 0.1) is 5.92 Å². The van der Waals surface area contributed by atoms with Gasteiger partial charge in [-0.2, -0.15) is 0 Å². The maximum absolute atomic E-state index is 10.8. The molecule has 0 aromatic heterocycles. The van der Waals surface area contributed by atoms with E-state index in [9.17, 15) is 9.00 Å². The Balaban J connectivity index is 4.30. The van der Waals surface area contributed by atoms with Crippen molar-refractivity contribution in [3.8, 4) is 0 Å². The lowest BCUT2D eigenvalue weighted by Gasteiger charge is -2.07. The van der Waals surface area contributed by atoms with Gasteiger partial charge in [0.25, 0.3) is 0 Å². The fourth-order valence-electron chi connectivity index (χ4n) is 0.321. The van der Waals surface area contributed by atoms with Crippen LogP contribution in [-0.2, 0) is 14.8 Å². The molecule has 0 saturated carbocycles. The molecule has 0 aromatic rings. The molecular weight excluding hydrogens is 166 g/mol. The minimum Gasteiger partial charge on any atom is -0.298 e. The van der Waals surface area contributed by atoms with Crippen LogP contribution in [0.15, 0.2) is 0 Å². The number of hydrogen-bond acceptors (Lipinski definition) is 2. The molecule has 0 aliphatic rings. The van der Waals surface area contributed by atoms with Crippen LogP contribution in [0.2, 0.25) is 0 Å². The summed E-state index contributed by atoms with van der Waals surface area (Å²) in [5, 5.41) is 1.06. The maximum Gasteiger partial charge on any atom is 0.235 e. The second-order valence-corrected chi connectivity index (χ2v) is 4.24. The van der Waals surface area contributed by atoms with Crippen LogP contribution < -0.4 is 4.72 Å². The first-order valence-electron chi connectivity index (χ1n) is 3.26. The van der Waals surface area contributed by atoms with Gasteiger partial charge in [0, 0.05) is 11.3 Å². The number of carbonyl (C=O) groups is 1. The van der Waals surface area contributed by atoms with Crippen molar-refractivity contribution in [3.63, 3.8) is 0 Å². The Morgan fingerprint density at radius 1 is 1.64 bits per heavy atom. The molecule has 1 atom stereocenters. The van der Waals surface area contributed by atoms with Gasteiger partial charge >= 0.3 is 0 Å². The van der Waals surface area contributed by atoms with Crippen LogP contribution >= 0.6 is 0 Å². The Labute approximate surface area is 67.0 Å². The Bertz CT molecular complexity index is 251. The molecule has 2 N–H and O–H groups in total. The molecule has 5 heteroatoms. The van der Waals surface area contributed by atoms with Crippen LogP contribution in [0.25, 0.3) is 0 Å². The molecule has 0 radical (unpaired) electrons. The molecular formula is C6H13NO3S. The third-order valence-electron chi connectivity index (χ3n) is 1.09.